The highest BCUT2D eigenvalue weighted by Gasteiger charge is 2.14. The molecule has 8 nitrogen and oxygen atoms in total. The summed E-state index contributed by atoms with van der Waals surface area (Å²) in [7, 11) is 5.21. The van der Waals surface area contributed by atoms with E-state index in [0.717, 1.165) is 15.5 Å². The molecule has 0 aliphatic carbocycles. The van der Waals surface area contributed by atoms with E-state index in [1.165, 1.54) is 20.7 Å². The van der Waals surface area contributed by atoms with E-state index in [1.54, 1.807) is 14.2 Å². The molecule has 0 aliphatic rings. The zero-order valence-corrected chi connectivity index (χ0v) is 15.1. The quantitative estimate of drug-likeness (QED) is 0.649. The molecular formula is C16H20N5O3S+. The standard InChI is InChI=1S/C16H19N5O3S/c1-19(10-12-6-7-13(23-2)14(9-12)24-3)11-20-16(22)21(18-17-20)15-5-4-8-25-15/h4-9H,10-11H2,1-3H3/p+1. The van der Waals surface area contributed by atoms with E-state index in [4.69, 9.17) is 9.47 Å². The lowest BCUT2D eigenvalue weighted by Crippen LogP contribution is -3.07. The summed E-state index contributed by atoms with van der Waals surface area (Å²) in [6.07, 6.45) is 0. The van der Waals surface area contributed by atoms with Crippen molar-refractivity contribution in [1.29, 1.82) is 0 Å². The average Bonchev–Trinajstić information content (AvgIpc) is 3.25. The molecule has 3 aromatic rings. The fourth-order valence-corrected chi connectivity index (χ4v) is 3.22. The Kier molecular flexibility index (Phi) is 5.15. The van der Waals surface area contributed by atoms with E-state index < -0.39 is 0 Å². The maximum atomic E-state index is 12.4. The number of methoxy groups -OCH3 is 2. The van der Waals surface area contributed by atoms with Gasteiger partial charge >= 0.3 is 5.69 Å². The molecule has 2 heterocycles. The van der Waals surface area contributed by atoms with E-state index in [-0.39, 0.29) is 5.69 Å². The van der Waals surface area contributed by atoms with Crippen LogP contribution >= 0.6 is 11.3 Å². The molecule has 132 valence electrons. The number of ether oxygens (including phenoxy) is 2. The molecule has 0 spiro atoms. The van der Waals surface area contributed by atoms with Crippen molar-refractivity contribution in [3.05, 3.63) is 51.8 Å². The van der Waals surface area contributed by atoms with Gasteiger partial charge in [0.2, 0.25) is 0 Å². The molecule has 0 fully saturated rings. The van der Waals surface area contributed by atoms with Crippen molar-refractivity contribution in [2.75, 3.05) is 21.3 Å². The second kappa shape index (κ2) is 7.49. The number of thiophene rings is 1. The van der Waals surface area contributed by atoms with Crippen LogP contribution in [0.25, 0.3) is 5.00 Å². The minimum atomic E-state index is -0.242. The van der Waals surface area contributed by atoms with E-state index in [1.807, 2.05) is 42.8 Å². The van der Waals surface area contributed by atoms with Gasteiger partial charge in [0.25, 0.3) is 0 Å². The van der Waals surface area contributed by atoms with Gasteiger partial charge < -0.3 is 14.4 Å². The van der Waals surface area contributed by atoms with Gasteiger partial charge in [0, 0.05) is 5.56 Å². The average molecular weight is 362 g/mol. The summed E-state index contributed by atoms with van der Waals surface area (Å²) in [6, 6.07) is 9.51. The summed E-state index contributed by atoms with van der Waals surface area (Å²) >= 11 is 1.45. The van der Waals surface area contributed by atoms with Crippen LogP contribution in [0.4, 0.5) is 0 Å². The van der Waals surface area contributed by atoms with Gasteiger partial charge in [-0.1, -0.05) is 0 Å². The summed E-state index contributed by atoms with van der Waals surface area (Å²) < 4.78 is 13.3. The number of aromatic nitrogens is 4. The van der Waals surface area contributed by atoms with Crippen molar-refractivity contribution >= 4 is 11.3 Å². The fourth-order valence-electron chi connectivity index (χ4n) is 2.55. The first-order valence-electron chi connectivity index (χ1n) is 7.71. The van der Waals surface area contributed by atoms with Crippen LogP contribution in [-0.2, 0) is 13.2 Å². The minimum Gasteiger partial charge on any atom is -0.493 e. The highest BCUT2D eigenvalue weighted by molar-refractivity contribution is 7.12. The molecule has 0 saturated carbocycles. The Labute approximate surface area is 148 Å². The molecule has 1 atom stereocenters. The molecule has 0 bridgehead atoms. The number of rotatable bonds is 7. The number of nitrogens with one attached hydrogen (secondary N) is 1. The number of tetrazole rings is 1. The molecule has 0 saturated heterocycles. The largest absolute Gasteiger partial charge is 0.493 e. The Morgan fingerprint density at radius 1 is 1.16 bits per heavy atom. The Morgan fingerprint density at radius 2 is 1.96 bits per heavy atom. The van der Waals surface area contributed by atoms with Crippen LogP contribution in [0.2, 0.25) is 0 Å². The number of quaternary nitrogens is 1. The van der Waals surface area contributed by atoms with Crippen LogP contribution < -0.4 is 20.1 Å². The molecule has 9 heteroatoms. The molecular weight excluding hydrogens is 342 g/mol. The Bertz CT molecular complexity index is 888. The topological polar surface area (TPSA) is 75.6 Å². The molecule has 1 aromatic carbocycles. The monoisotopic (exact) mass is 362 g/mol. The van der Waals surface area contributed by atoms with Crippen molar-refractivity contribution < 1.29 is 14.4 Å². The van der Waals surface area contributed by atoms with Crippen molar-refractivity contribution in [2.24, 2.45) is 0 Å². The highest BCUT2D eigenvalue weighted by Crippen LogP contribution is 2.27. The summed E-state index contributed by atoms with van der Waals surface area (Å²) in [4.78, 5) is 13.5. The first-order chi connectivity index (χ1) is 12.1. The maximum absolute atomic E-state index is 12.4. The summed E-state index contributed by atoms with van der Waals surface area (Å²) in [6.45, 7) is 1.12. The van der Waals surface area contributed by atoms with E-state index in [0.29, 0.717) is 24.7 Å². The molecule has 1 unspecified atom stereocenters. The smallest absolute Gasteiger partial charge is 0.374 e. The van der Waals surface area contributed by atoms with Crippen LogP contribution in [0.1, 0.15) is 5.56 Å². The Balaban J connectivity index is 1.71. The van der Waals surface area contributed by atoms with Gasteiger partial charge in [-0.3, -0.25) is 0 Å². The predicted octanol–water partition coefficient (Wildman–Crippen LogP) is 0.180. The summed E-state index contributed by atoms with van der Waals surface area (Å²) in [5.74, 6) is 1.38. The predicted molar refractivity (Wildman–Crippen MR) is 93.6 cm³/mol. The number of hydrogen-bond acceptors (Lipinski definition) is 6. The first-order valence-corrected chi connectivity index (χ1v) is 8.59. The zero-order valence-electron chi connectivity index (χ0n) is 14.3. The lowest BCUT2D eigenvalue weighted by Gasteiger charge is -2.14. The Morgan fingerprint density at radius 3 is 2.64 bits per heavy atom. The number of nitrogens with zero attached hydrogens (tertiary/aromatic N) is 4. The first kappa shape index (κ1) is 17.2. The third-order valence-corrected chi connectivity index (χ3v) is 4.57. The summed E-state index contributed by atoms with van der Waals surface area (Å²) in [5.41, 5.74) is 0.836. The van der Waals surface area contributed by atoms with E-state index in [9.17, 15) is 4.79 Å². The molecule has 0 amide bonds. The van der Waals surface area contributed by atoms with Crippen LogP contribution in [0.3, 0.4) is 0 Å². The van der Waals surface area contributed by atoms with Gasteiger partial charge in [-0.2, -0.15) is 0 Å². The lowest BCUT2D eigenvalue weighted by atomic mass is 10.2. The normalized spacial score (nSPS) is 12.1. The van der Waals surface area contributed by atoms with Crippen LogP contribution in [0, 0.1) is 0 Å². The summed E-state index contributed by atoms with van der Waals surface area (Å²) in [5, 5.41) is 10.6. The fraction of sp³-hybridized carbons (Fsp3) is 0.312. The molecule has 25 heavy (non-hydrogen) atoms. The van der Waals surface area contributed by atoms with Crippen molar-refractivity contribution in [3.63, 3.8) is 0 Å². The Hall–Kier alpha value is -2.65. The third-order valence-electron chi connectivity index (χ3n) is 3.73. The highest BCUT2D eigenvalue weighted by atomic mass is 32.1. The molecule has 0 aliphatic heterocycles. The van der Waals surface area contributed by atoms with Gasteiger partial charge in [0.15, 0.2) is 18.2 Å². The van der Waals surface area contributed by atoms with E-state index >= 15 is 0 Å². The molecule has 3 rings (SSSR count). The van der Waals surface area contributed by atoms with Gasteiger partial charge in [-0.15, -0.1) is 20.7 Å². The number of benzene rings is 1. The van der Waals surface area contributed by atoms with Crippen molar-refractivity contribution in [1.82, 2.24) is 19.8 Å². The van der Waals surface area contributed by atoms with Crippen LogP contribution in [-0.4, -0.2) is 41.1 Å². The van der Waals surface area contributed by atoms with Crippen LogP contribution in [0.5, 0.6) is 11.5 Å². The SMILES string of the molecule is COc1ccc(C[NH+](C)Cn2nnn(-c3cccs3)c2=O)cc1OC. The van der Waals surface area contributed by atoms with Gasteiger partial charge in [-0.05, 0) is 46.1 Å². The lowest BCUT2D eigenvalue weighted by molar-refractivity contribution is -0.917. The third kappa shape index (κ3) is 3.72. The maximum Gasteiger partial charge on any atom is 0.374 e. The van der Waals surface area contributed by atoms with Gasteiger partial charge in [0.1, 0.15) is 11.5 Å². The van der Waals surface area contributed by atoms with Crippen LogP contribution in [0.15, 0.2) is 40.5 Å². The number of hydrogen-bond donors (Lipinski definition) is 1. The van der Waals surface area contributed by atoms with Gasteiger partial charge in [0.05, 0.1) is 21.3 Å². The molecule has 1 N–H and O–H groups in total. The second-order valence-corrected chi connectivity index (χ2v) is 6.53. The zero-order chi connectivity index (χ0) is 17.8. The van der Waals surface area contributed by atoms with Crippen molar-refractivity contribution in [3.8, 4) is 16.5 Å². The van der Waals surface area contributed by atoms with Crippen molar-refractivity contribution in [2.45, 2.75) is 13.2 Å². The molecule has 2 aromatic heterocycles. The van der Waals surface area contributed by atoms with E-state index in [2.05, 4.69) is 10.4 Å². The van der Waals surface area contributed by atoms with Gasteiger partial charge in [-0.25, -0.2) is 4.79 Å². The minimum absolute atomic E-state index is 0.242. The second-order valence-electron chi connectivity index (χ2n) is 5.61. The molecule has 0 radical (unpaired) electrons.